The number of nitrogens with one attached hydrogen (secondary N) is 1. The molecule has 0 amide bonds. The second-order valence-corrected chi connectivity index (χ2v) is 6.45. The van der Waals surface area contributed by atoms with Crippen LogP contribution >= 0.6 is 0 Å². The van der Waals surface area contributed by atoms with E-state index in [2.05, 4.69) is 12.4 Å². The van der Waals surface area contributed by atoms with Crippen molar-refractivity contribution in [1.82, 2.24) is 5.32 Å². The molecule has 0 aromatic carbocycles. The average molecular weight is 237 g/mol. The molecule has 1 unspecified atom stereocenters. The third-order valence-corrected chi connectivity index (χ3v) is 5.15. The largest absolute Gasteiger partial charge is 0.317 e. The predicted octanol–water partition coefficient (Wildman–Crippen LogP) is 4.52. The Morgan fingerprint density at radius 3 is 2.12 bits per heavy atom. The lowest BCUT2D eigenvalue weighted by molar-refractivity contribution is 0.299. The molecular formula is C16H31N. The van der Waals surface area contributed by atoms with E-state index < -0.39 is 0 Å². The summed E-state index contributed by atoms with van der Waals surface area (Å²) in [6.07, 6.45) is 17.9. The van der Waals surface area contributed by atoms with Gasteiger partial charge >= 0.3 is 0 Å². The highest BCUT2D eigenvalue weighted by Crippen LogP contribution is 2.31. The first-order valence-electron chi connectivity index (χ1n) is 8.05. The van der Waals surface area contributed by atoms with E-state index in [9.17, 15) is 0 Å². The van der Waals surface area contributed by atoms with E-state index in [0.29, 0.717) is 0 Å². The molecule has 0 bridgehead atoms. The lowest BCUT2D eigenvalue weighted by Crippen LogP contribution is -2.28. The van der Waals surface area contributed by atoms with E-state index in [4.69, 9.17) is 0 Å². The van der Waals surface area contributed by atoms with Gasteiger partial charge in [-0.05, 0) is 38.1 Å². The minimum absolute atomic E-state index is 0.806. The summed E-state index contributed by atoms with van der Waals surface area (Å²) in [5, 5.41) is 3.57. The molecule has 0 heterocycles. The van der Waals surface area contributed by atoms with E-state index in [1.807, 2.05) is 0 Å². The maximum atomic E-state index is 3.57. The molecule has 2 fully saturated rings. The van der Waals surface area contributed by atoms with Crippen LogP contribution in [0.25, 0.3) is 0 Å². The monoisotopic (exact) mass is 237 g/mol. The van der Waals surface area contributed by atoms with Crippen molar-refractivity contribution in [3.05, 3.63) is 0 Å². The molecule has 1 nitrogen and oxygen atoms in total. The highest BCUT2D eigenvalue weighted by Gasteiger charge is 2.20. The molecule has 0 aromatic rings. The summed E-state index contributed by atoms with van der Waals surface area (Å²) in [6.45, 7) is 0. The SMILES string of the molecule is CNC(CCC1CCCCC1)CC1CCCC1. The first kappa shape index (κ1) is 13.4. The van der Waals surface area contributed by atoms with Crippen molar-refractivity contribution < 1.29 is 0 Å². The van der Waals surface area contributed by atoms with Gasteiger partial charge in [0.2, 0.25) is 0 Å². The molecule has 0 saturated heterocycles. The van der Waals surface area contributed by atoms with Gasteiger partial charge in [-0.3, -0.25) is 0 Å². The molecule has 0 aliphatic heterocycles. The fourth-order valence-electron chi connectivity index (χ4n) is 3.94. The molecule has 100 valence electrons. The Bertz CT molecular complexity index is 190. The Hall–Kier alpha value is -0.0400. The van der Waals surface area contributed by atoms with Crippen LogP contribution in [0.4, 0.5) is 0 Å². The first-order chi connectivity index (χ1) is 8.38. The van der Waals surface area contributed by atoms with Crippen molar-refractivity contribution in [3.8, 4) is 0 Å². The zero-order valence-electron chi connectivity index (χ0n) is 11.7. The fraction of sp³-hybridized carbons (Fsp3) is 1.00. The standard InChI is InChI=1S/C16H31N/c1-17-16(13-15-9-5-6-10-15)12-11-14-7-3-2-4-8-14/h14-17H,2-13H2,1H3. The molecule has 1 N–H and O–H groups in total. The summed E-state index contributed by atoms with van der Waals surface area (Å²) in [7, 11) is 2.17. The van der Waals surface area contributed by atoms with Crippen LogP contribution in [0.1, 0.15) is 77.0 Å². The van der Waals surface area contributed by atoms with Crippen molar-refractivity contribution >= 4 is 0 Å². The zero-order valence-corrected chi connectivity index (χ0v) is 11.7. The van der Waals surface area contributed by atoms with E-state index >= 15 is 0 Å². The Kier molecular flexibility index (Phi) is 5.84. The lowest BCUT2D eigenvalue weighted by atomic mass is 9.84. The third kappa shape index (κ3) is 4.62. The molecule has 1 heteroatoms. The van der Waals surface area contributed by atoms with Crippen LogP contribution < -0.4 is 5.32 Å². The molecule has 0 spiro atoms. The van der Waals surface area contributed by atoms with Gasteiger partial charge < -0.3 is 5.32 Å². The predicted molar refractivity (Wildman–Crippen MR) is 75.2 cm³/mol. The zero-order chi connectivity index (χ0) is 11.9. The Balaban J connectivity index is 1.63. The van der Waals surface area contributed by atoms with Gasteiger partial charge in [-0.2, -0.15) is 0 Å². The molecule has 2 aliphatic carbocycles. The molecule has 2 rings (SSSR count). The van der Waals surface area contributed by atoms with Gasteiger partial charge in [0.1, 0.15) is 0 Å². The van der Waals surface area contributed by atoms with Crippen LogP contribution in [-0.2, 0) is 0 Å². The molecule has 2 aliphatic rings. The van der Waals surface area contributed by atoms with Gasteiger partial charge in [0.05, 0.1) is 0 Å². The van der Waals surface area contributed by atoms with Crippen molar-refractivity contribution in [3.63, 3.8) is 0 Å². The Morgan fingerprint density at radius 2 is 1.47 bits per heavy atom. The number of hydrogen-bond donors (Lipinski definition) is 1. The van der Waals surface area contributed by atoms with Crippen LogP contribution in [0.5, 0.6) is 0 Å². The van der Waals surface area contributed by atoms with Crippen LogP contribution in [0.15, 0.2) is 0 Å². The Labute approximate surface area is 108 Å². The van der Waals surface area contributed by atoms with Crippen molar-refractivity contribution in [2.45, 2.75) is 83.1 Å². The summed E-state index contributed by atoms with van der Waals surface area (Å²) < 4.78 is 0. The first-order valence-corrected chi connectivity index (χ1v) is 8.05. The van der Waals surface area contributed by atoms with Crippen LogP contribution in [0.3, 0.4) is 0 Å². The summed E-state index contributed by atoms with van der Waals surface area (Å²) in [4.78, 5) is 0. The fourth-order valence-corrected chi connectivity index (χ4v) is 3.94. The van der Waals surface area contributed by atoms with Gasteiger partial charge in [-0.15, -0.1) is 0 Å². The molecule has 0 radical (unpaired) electrons. The summed E-state index contributed by atoms with van der Waals surface area (Å²) in [6, 6.07) is 0.806. The highest BCUT2D eigenvalue weighted by molar-refractivity contribution is 4.76. The summed E-state index contributed by atoms with van der Waals surface area (Å²) >= 11 is 0. The van der Waals surface area contributed by atoms with Crippen molar-refractivity contribution in [1.29, 1.82) is 0 Å². The topological polar surface area (TPSA) is 12.0 Å². The average Bonchev–Trinajstić information content (AvgIpc) is 2.88. The van der Waals surface area contributed by atoms with E-state index in [0.717, 1.165) is 17.9 Å². The second kappa shape index (κ2) is 7.41. The smallest absolute Gasteiger partial charge is 0.00668 e. The minimum atomic E-state index is 0.806. The van der Waals surface area contributed by atoms with E-state index in [1.165, 1.54) is 77.0 Å². The molecule has 17 heavy (non-hydrogen) atoms. The summed E-state index contributed by atoms with van der Waals surface area (Å²) in [5.74, 6) is 2.10. The number of hydrogen-bond acceptors (Lipinski definition) is 1. The quantitative estimate of drug-likeness (QED) is 0.716. The van der Waals surface area contributed by atoms with Crippen LogP contribution in [0.2, 0.25) is 0 Å². The summed E-state index contributed by atoms with van der Waals surface area (Å²) in [5.41, 5.74) is 0. The molecule has 0 aromatic heterocycles. The van der Waals surface area contributed by atoms with Gasteiger partial charge in [0.25, 0.3) is 0 Å². The third-order valence-electron chi connectivity index (χ3n) is 5.15. The highest BCUT2D eigenvalue weighted by atomic mass is 14.9. The maximum Gasteiger partial charge on any atom is 0.00668 e. The second-order valence-electron chi connectivity index (χ2n) is 6.45. The van der Waals surface area contributed by atoms with Gasteiger partial charge in [-0.1, -0.05) is 57.8 Å². The molecule has 1 atom stereocenters. The van der Waals surface area contributed by atoms with E-state index in [-0.39, 0.29) is 0 Å². The van der Waals surface area contributed by atoms with Gasteiger partial charge in [-0.25, -0.2) is 0 Å². The van der Waals surface area contributed by atoms with Gasteiger partial charge in [0.15, 0.2) is 0 Å². The van der Waals surface area contributed by atoms with Crippen LogP contribution in [0, 0.1) is 11.8 Å². The van der Waals surface area contributed by atoms with Crippen molar-refractivity contribution in [2.24, 2.45) is 11.8 Å². The van der Waals surface area contributed by atoms with Gasteiger partial charge in [0, 0.05) is 6.04 Å². The van der Waals surface area contributed by atoms with Crippen molar-refractivity contribution in [2.75, 3.05) is 7.05 Å². The number of rotatable bonds is 6. The molecule has 2 saturated carbocycles. The normalized spacial score (nSPS) is 25.2. The minimum Gasteiger partial charge on any atom is -0.317 e. The Morgan fingerprint density at radius 1 is 0.882 bits per heavy atom. The van der Waals surface area contributed by atoms with E-state index in [1.54, 1.807) is 0 Å². The molecular weight excluding hydrogens is 206 g/mol. The lowest BCUT2D eigenvalue weighted by Gasteiger charge is -2.25. The maximum absolute atomic E-state index is 3.57. The van der Waals surface area contributed by atoms with Crippen LogP contribution in [-0.4, -0.2) is 13.1 Å².